The number of nitrogens with zero attached hydrogens (tertiary/aromatic N) is 1. The summed E-state index contributed by atoms with van der Waals surface area (Å²) in [5, 5.41) is 13.2. The lowest BCUT2D eigenvalue weighted by Crippen LogP contribution is -2.20. The van der Waals surface area contributed by atoms with E-state index in [0.29, 0.717) is 0 Å². The second kappa shape index (κ2) is 6.96. The maximum absolute atomic E-state index is 11.8. The molecule has 0 saturated carbocycles. The highest BCUT2D eigenvalue weighted by Crippen LogP contribution is 2.34. The Morgan fingerprint density at radius 3 is 2.30 bits per heavy atom. The quantitative estimate of drug-likeness (QED) is 0.487. The van der Waals surface area contributed by atoms with E-state index in [9.17, 15) is 23.3 Å². The van der Waals surface area contributed by atoms with Gasteiger partial charge in [0.1, 0.15) is 6.61 Å². The van der Waals surface area contributed by atoms with Crippen LogP contribution in [0, 0.1) is 10.1 Å². The number of anilines is 1. The molecule has 112 valence electrons. The molecule has 0 aromatic heterocycles. The highest BCUT2D eigenvalue weighted by molar-refractivity contribution is 6.39. The maximum atomic E-state index is 11.8. The molecule has 1 N–H and O–H groups in total. The number of nitro benzene ring substituents is 1. The van der Waals surface area contributed by atoms with Crippen molar-refractivity contribution in [3.63, 3.8) is 0 Å². The van der Waals surface area contributed by atoms with Crippen LogP contribution in [0.15, 0.2) is 12.1 Å². The Hall–Kier alpha value is -1.25. The van der Waals surface area contributed by atoms with Crippen LogP contribution < -0.4 is 5.32 Å². The number of alkyl halides is 3. The Bertz CT molecular complexity index is 474. The number of hydrogen-bond donors (Lipinski definition) is 1. The largest absolute Gasteiger partial charge is 0.411 e. The third-order valence-electron chi connectivity index (χ3n) is 2.05. The molecule has 1 aromatic carbocycles. The van der Waals surface area contributed by atoms with E-state index in [4.69, 9.17) is 23.2 Å². The summed E-state index contributed by atoms with van der Waals surface area (Å²) in [6.45, 7) is -1.55. The SMILES string of the molecule is O=[N+]([O-])c1cc(Cl)c(NCCOCC(F)(F)F)c(Cl)c1. The van der Waals surface area contributed by atoms with Gasteiger partial charge in [-0.2, -0.15) is 13.2 Å². The zero-order valence-corrected chi connectivity index (χ0v) is 11.3. The van der Waals surface area contributed by atoms with Crippen molar-refractivity contribution in [1.29, 1.82) is 0 Å². The lowest BCUT2D eigenvalue weighted by molar-refractivity contribution is -0.384. The van der Waals surface area contributed by atoms with Crippen LogP contribution in [0.4, 0.5) is 24.5 Å². The van der Waals surface area contributed by atoms with E-state index in [1.807, 2.05) is 0 Å². The Labute approximate surface area is 121 Å². The molecule has 20 heavy (non-hydrogen) atoms. The summed E-state index contributed by atoms with van der Waals surface area (Å²) in [6.07, 6.45) is -4.39. The molecule has 0 aliphatic heterocycles. The van der Waals surface area contributed by atoms with Crippen LogP contribution in [-0.2, 0) is 4.74 Å². The second-order valence-corrected chi connectivity index (χ2v) is 4.45. The molecule has 0 saturated heterocycles. The zero-order chi connectivity index (χ0) is 15.3. The van der Waals surface area contributed by atoms with Gasteiger partial charge in [0.25, 0.3) is 5.69 Å². The van der Waals surface area contributed by atoms with Gasteiger partial charge in [-0.1, -0.05) is 23.2 Å². The van der Waals surface area contributed by atoms with E-state index in [-0.39, 0.29) is 34.6 Å². The van der Waals surface area contributed by atoms with Crippen molar-refractivity contribution < 1.29 is 22.8 Å². The fourth-order valence-electron chi connectivity index (χ4n) is 1.27. The van der Waals surface area contributed by atoms with Crippen LogP contribution in [0.25, 0.3) is 0 Å². The molecule has 1 aromatic rings. The molecular weight excluding hydrogens is 324 g/mol. The zero-order valence-electron chi connectivity index (χ0n) is 9.84. The fraction of sp³-hybridized carbons (Fsp3) is 0.400. The predicted octanol–water partition coefficient (Wildman–Crippen LogP) is 3.89. The van der Waals surface area contributed by atoms with Crippen molar-refractivity contribution in [1.82, 2.24) is 0 Å². The third kappa shape index (κ3) is 5.40. The normalized spacial score (nSPS) is 11.4. The van der Waals surface area contributed by atoms with Crippen LogP contribution in [0.5, 0.6) is 0 Å². The first-order valence-corrected chi connectivity index (χ1v) is 5.98. The lowest BCUT2D eigenvalue weighted by Gasteiger charge is -2.11. The van der Waals surface area contributed by atoms with Gasteiger partial charge in [0.15, 0.2) is 0 Å². The molecule has 0 unspecified atom stereocenters. The van der Waals surface area contributed by atoms with E-state index in [0.717, 1.165) is 12.1 Å². The molecule has 0 fully saturated rings. The Morgan fingerprint density at radius 1 is 1.30 bits per heavy atom. The Kier molecular flexibility index (Phi) is 5.85. The van der Waals surface area contributed by atoms with E-state index in [2.05, 4.69) is 10.1 Å². The maximum Gasteiger partial charge on any atom is 0.411 e. The number of nitrogens with one attached hydrogen (secondary N) is 1. The predicted molar refractivity (Wildman–Crippen MR) is 68.5 cm³/mol. The number of benzene rings is 1. The van der Waals surface area contributed by atoms with Crippen molar-refractivity contribution >= 4 is 34.6 Å². The molecule has 0 radical (unpaired) electrons. The molecule has 0 heterocycles. The number of nitro groups is 1. The fourth-order valence-corrected chi connectivity index (χ4v) is 1.88. The highest BCUT2D eigenvalue weighted by Gasteiger charge is 2.27. The first-order valence-electron chi connectivity index (χ1n) is 5.22. The van der Waals surface area contributed by atoms with E-state index >= 15 is 0 Å². The molecule has 1 rings (SSSR count). The van der Waals surface area contributed by atoms with Crippen molar-refractivity contribution in [3.8, 4) is 0 Å². The highest BCUT2D eigenvalue weighted by atomic mass is 35.5. The van der Waals surface area contributed by atoms with Crippen molar-refractivity contribution in [2.75, 3.05) is 25.1 Å². The molecule has 10 heteroatoms. The average molecular weight is 333 g/mol. The summed E-state index contributed by atoms with van der Waals surface area (Å²) < 4.78 is 39.8. The number of rotatable bonds is 6. The number of ether oxygens (including phenoxy) is 1. The first kappa shape index (κ1) is 16.8. The van der Waals surface area contributed by atoms with E-state index < -0.39 is 17.7 Å². The molecule has 5 nitrogen and oxygen atoms in total. The van der Waals surface area contributed by atoms with Crippen molar-refractivity contribution in [3.05, 3.63) is 32.3 Å². The average Bonchev–Trinajstić information content (AvgIpc) is 2.29. The van der Waals surface area contributed by atoms with Gasteiger partial charge in [0, 0.05) is 18.7 Å². The van der Waals surface area contributed by atoms with Gasteiger partial charge in [-0.25, -0.2) is 0 Å². The smallest absolute Gasteiger partial charge is 0.380 e. The minimum atomic E-state index is -4.39. The number of hydrogen-bond acceptors (Lipinski definition) is 4. The summed E-state index contributed by atoms with van der Waals surface area (Å²) in [4.78, 5) is 9.89. The summed E-state index contributed by atoms with van der Waals surface area (Å²) in [7, 11) is 0. The van der Waals surface area contributed by atoms with Gasteiger partial charge in [0.05, 0.1) is 27.3 Å². The molecular formula is C10H9Cl2F3N2O3. The summed E-state index contributed by atoms with van der Waals surface area (Å²) in [6, 6.07) is 2.18. The topological polar surface area (TPSA) is 64.4 Å². The first-order chi connectivity index (χ1) is 9.20. The number of non-ortho nitro benzene ring substituents is 1. The Morgan fingerprint density at radius 2 is 1.85 bits per heavy atom. The van der Waals surface area contributed by atoms with Crippen LogP contribution in [0.3, 0.4) is 0 Å². The standard InChI is InChI=1S/C10H9Cl2F3N2O3/c11-7-3-6(17(18)19)4-8(12)9(7)16-1-2-20-5-10(13,14)15/h3-4,16H,1-2,5H2. The minimum absolute atomic E-state index is 0.0000198. The molecule has 0 bridgehead atoms. The summed E-state index contributed by atoms with van der Waals surface area (Å²) in [5.74, 6) is 0. The van der Waals surface area contributed by atoms with Gasteiger partial charge >= 0.3 is 6.18 Å². The van der Waals surface area contributed by atoms with Gasteiger partial charge < -0.3 is 10.1 Å². The van der Waals surface area contributed by atoms with Gasteiger partial charge in [-0.05, 0) is 0 Å². The Balaban J connectivity index is 2.55. The third-order valence-corrected chi connectivity index (χ3v) is 2.65. The van der Waals surface area contributed by atoms with E-state index in [1.165, 1.54) is 0 Å². The monoisotopic (exact) mass is 332 g/mol. The van der Waals surface area contributed by atoms with Crippen LogP contribution in [0.1, 0.15) is 0 Å². The van der Waals surface area contributed by atoms with Crippen molar-refractivity contribution in [2.45, 2.75) is 6.18 Å². The molecule has 0 aliphatic rings. The molecule has 0 aliphatic carbocycles. The van der Waals surface area contributed by atoms with Crippen molar-refractivity contribution in [2.24, 2.45) is 0 Å². The molecule has 0 amide bonds. The van der Waals surface area contributed by atoms with Crippen LogP contribution in [-0.4, -0.2) is 30.9 Å². The van der Waals surface area contributed by atoms with Gasteiger partial charge in [-0.3, -0.25) is 10.1 Å². The number of halogens is 5. The van der Waals surface area contributed by atoms with Crippen LogP contribution in [0.2, 0.25) is 10.0 Å². The van der Waals surface area contributed by atoms with Gasteiger partial charge in [-0.15, -0.1) is 0 Å². The minimum Gasteiger partial charge on any atom is -0.380 e. The molecule has 0 atom stereocenters. The lowest BCUT2D eigenvalue weighted by atomic mass is 10.3. The molecule has 0 spiro atoms. The summed E-state index contributed by atoms with van der Waals surface area (Å²) >= 11 is 11.6. The second-order valence-electron chi connectivity index (χ2n) is 3.64. The van der Waals surface area contributed by atoms with Crippen LogP contribution >= 0.6 is 23.2 Å². The van der Waals surface area contributed by atoms with Gasteiger partial charge in [0.2, 0.25) is 0 Å². The van der Waals surface area contributed by atoms with E-state index in [1.54, 1.807) is 0 Å². The summed E-state index contributed by atoms with van der Waals surface area (Å²) in [5.41, 5.74) is -0.0755.